The molecular formula is C12H13F3N4. The van der Waals surface area contributed by atoms with Gasteiger partial charge in [-0.25, -0.2) is 9.50 Å². The van der Waals surface area contributed by atoms with E-state index in [9.17, 15) is 13.2 Å². The smallest absolute Gasteiger partial charge is 0.384 e. The second-order valence-corrected chi connectivity index (χ2v) is 4.88. The maximum atomic E-state index is 12.9. The number of hydrogen-bond donors (Lipinski definition) is 1. The van der Waals surface area contributed by atoms with Crippen LogP contribution in [0, 0.1) is 0 Å². The first-order valence-electron chi connectivity index (χ1n) is 6.18. The molecule has 1 fully saturated rings. The molecule has 1 aliphatic carbocycles. The molecule has 0 amide bonds. The van der Waals surface area contributed by atoms with Crippen molar-refractivity contribution in [2.75, 3.05) is 5.73 Å². The zero-order valence-electron chi connectivity index (χ0n) is 10.1. The van der Waals surface area contributed by atoms with Crippen LogP contribution in [0.5, 0.6) is 0 Å². The minimum Gasteiger partial charge on any atom is -0.384 e. The average Bonchev–Trinajstić information content (AvgIpc) is 2.95. The Kier molecular flexibility index (Phi) is 2.65. The van der Waals surface area contributed by atoms with E-state index in [0.29, 0.717) is 0 Å². The number of alkyl halides is 3. The van der Waals surface area contributed by atoms with Crippen molar-refractivity contribution in [1.29, 1.82) is 0 Å². The summed E-state index contributed by atoms with van der Waals surface area (Å²) < 4.78 is 39.9. The zero-order valence-corrected chi connectivity index (χ0v) is 10.1. The van der Waals surface area contributed by atoms with Crippen molar-refractivity contribution in [2.45, 2.75) is 37.8 Å². The van der Waals surface area contributed by atoms with Crippen molar-refractivity contribution >= 4 is 11.5 Å². The molecule has 2 aromatic rings. The standard InChI is InChI=1S/C12H13F3N4/c13-12(14,15)8-6-17-19-9(7-3-1-2-4-7)5-10(16)18-11(8)19/h5-7H,1-4H2,(H2,16,18). The van der Waals surface area contributed by atoms with Crippen LogP contribution in [-0.2, 0) is 6.18 Å². The third kappa shape index (κ3) is 2.02. The van der Waals surface area contributed by atoms with Crippen molar-refractivity contribution in [3.05, 3.63) is 23.5 Å². The molecule has 2 heterocycles. The van der Waals surface area contributed by atoms with Crippen LogP contribution in [0.15, 0.2) is 12.3 Å². The summed E-state index contributed by atoms with van der Waals surface area (Å²) in [5.41, 5.74) is 5.34. The fourth-order valence-electron chi connectivity index (χ4n) is 2.72. The summed E-state index contributed by atoms with van der Waals surface area (Å²) in [4.78, 5) is 3.79. The summed E-state index contributed by atoms with van der Waals surface area (Å²) in [6.45, 7) is 0. The summed E-state index contributed by atoms with van der Waals surface area (Å²) in [5.74, 6) is 0.328. The highest BCUT2D eigenvalue weighted by molar-refractivity contribution is 5.53. The highest BCUT2D eigenvalue weighted by atomic mass is 19.4. The molecule has 0 atom stereocenters. The summed E-state index contributed by atoms with van der Waals surface area (Å²) in [6, 6.07) is 1.64. The van der Waals surface area contributed by atoms with Gasteiger partial charge in [-0.1, -0.05) is 12.8 Å². The first-order chi connectivity index (χ1) is 8.97. The normalized spacial score (nSPS) is 17.4. The van der Waals surface area contributed by atoms with Gasteiger partial charge in [0.25, 0.3) is 0 Å². The molecule has 1 saturated carbocycles. The predicted molar refractivity (Wildman–Crippen MR) is 63.6 cm³/mol. The fourth-order valence-corrected chi connectivity index (χ4v) is 2.72. The lowest BCUT2D eigenvalue weighted by atomic mass is 10.0. The second-order valence-electron chi connectivity index (χ2n) is 4.88. The Morgan fingerprint density at radius 2 is 1.95 bits per heavy atom. The molecule has 3 rings (SSSR count). The monoisotopic (exact) mass is 270 g/mol. The van der Waals surface area contributed by atoms with E-state index in [-0.39, 0.29) is 17.4 Å². The molecule has 0 bridgehead atoms. The van der Waals surface area contributed by atoms with Crippen LogP contribution < -0.4 is 5.73 Å². The van der Waals surface area contributed by atoms with Gasteiger partial charge < -0.3 is 5.73 Å². The Morgan fingerprint density at radius 3 is 2.58 bits per heavy atom. The Bertz CT molecular complexity index is 611. The van der Waals surface area contributed by atoms with Gasteiger partial charge in [-0.2, -0.15) is 18.3 Å². The molecule has 0 aliphatic heterocycles. The molecule has 7 heteroatoms. The molecule has 19 heavy (non-hydrogen) atoms. The minimum atomic E-state index is -4.46. The van der Waals surface area contributed by atoms with Gasteiger partial charge in [0.15, 0.2) is 5.65 Å². The summed E-state index contributed by atoms with van der Waals surface area (Å²) in [5, 5.41) is 3.85. The minimum absolute atomic E-state index is 0.111. The molecule has 0 spiro atoms. The quantitative estimate of drug-likeness (QED) is 0.866. The number of nitrogens with two attached hydrogens (primary N) is 1. The number of aromatic nitrogens is 3. The summed E-state index contributed by atoms with van der Waals surface area (Å²) in [6.07, 6.45) is 0.443. The molecule has 0 radical (unpaired) electrons. The van der Waals surface area contributed by atoms with Crippen molar-refractivity contribution in [2.24, 2.45) is 0 Å². The highest BCUT2D eigenvalue weighted by Gasteiger charge is 2.36. The van der Waals surface area contributed by atoms with Crippen molar-refractivity contribution in [1.82, 2.24) is 14.6 Å². The molecule has 1 aliphatic rings. The number of anilines is 1. The lowest BCUT2D eigenvalue weighted by Crippen LogP contribution is -2.09. The van der Waals surface area contributed by atoms with Crippen LogP contribution >= 0.6 is 0 Å². The first kappa shape index (κ1) is 12.3. The number of hydrogen-bond acceptors (Lipinski definition) is 3. The van der Waals surface area contributed by atoms with Gasteiger partial charge >= 0.3 is 6.18 Å². The molecule has 2 N–H and O–H groups in total. The highest BCUT2D eigenvalue weighted by Crippen LogP contribution is 2.37. The Labute approximate surface area is 107 Å². The van der Waals surface area contributed by atoms with Crippen molar-refractivity contribution in [3.63, 3.8) is 0 Å². The van der Waals surface area contributed by atoms with Crippen LogP contribution in [0.25, 0.3) is 5.65 Å². The van der Waals surface area contributed by atoms with E-state index in [0.717, 1.165) is 37.6 Å². The van der Waals surface area contributed by atoms with E-state index in [2.05, 4.69) is 10.1 Å². The Balaban J connectivity index is 2.21. The summed E-state index contributed by atoms with van der Waals surface area (Å²) in [7, 11) is 0. The zero-order chi connectivity index (χ0) is 13.6. The average molecular weight is 270 g/mol. The third-order valence-corrected chi connectivity index (χ3v) is 3.60. The molecule has 0 saturated heterocycles. The van der Waals surface area contributed by atoms with Gasteiger partial charge in [0, 0.05) is 12.0 Å². The van der Waals surface area contributed by atoms with Gasteiger partial charge in [0.2, 0.25) is 0 Å². The van der Waals surface area contributed by atoms with Gasteiger partial charge in [0.05, 0.1) is 11.9 Å². The number of halogens is 3. The van der Waals surface area contributed by atoms with Gasteiger partial charge in [-0.15, -0.1) is 0 Å². The van der Waals surface area contributed by atoms with Crippen molar-refractivity contribution < 1.29 is 13.2 Å². The molecule has 102 valence electrons. The summed E-state index contributed by atoms with van der Waals surface area (Å²) >= 11 is 0. The lowest BCUT2D eigenvalue weighted by Gasteiger charge is -2.12. The van der Waals surface area contributed by atoms with Gasteiger partial charge in [-0.05, 0) is 12.8 Å². The van der Waals surface area contributed by atoms with Gasteiger partial charge in [0.1, 0.15) is 11.4 Å². The van der Waals surface area contributed by atoms with E-state index in [1.54, 1.807) is 6.07 Å². The molecule has 2 aromatic heterocycles. The largest absolute Gasteiger partial charge is 0.421 e. The van der Waals surface area contributed by atoms with Crippen LogP contribution in [-0.4, -0.2) is 14.6 Å². The fraction of sp³-hybridized carbons (Fsp3) is 0.500. The van der Waals surface area contributed by atoms with Crippen LogP contribution in [0.2, 0.25) is 0 Å². The molecule has 0 aromatic carbocycles. The number of nitrogens with zero attached hydrogens (tertiary/aromatic N) is 3. The second kappa shape index (κ2) is 4.11. The topological polar surface area (TPSA) is 56.2 Å². The number of rotatable bonds is 1. The van der Waals surface area contributed by atoms with Crippen molar-refractivity contribution in [3.8, 4) is 0 Å². The predicted octanol–water partition coefficient (Wildman–Crippen LogP) is 2.99. The number of nitrogen functional groups attached to an aromatic ring is 1. The molecule has 4 nitrogen and oxygen atoms in total. The maximum Gasteiger partial charge on any atom is 0.421 e. The van der Waals surface area contributed by atoms with Gasteiger partial charge in [-0.3, -0.25) is 0 Å². The van der Waals surface area contributed by atoms with E-state index >= 15 is 0 Å². The van der Waals surface area contributed by atoms with E-state index < -0.39 is 11.7 Å². The lowest BCUT2D eigenvalue weighted by molar-refractivity contribution is -0.136. The first-order valence-corrected chi connectivity index (χ1v) is 6.18. The third-order valence-electron chi connectivity index (χ3n) is 3.60. The van der Waals surface area contributed by atoms with Crippen LogP contribution in [0.4, 0.5) is 19.0 Å². The van der Waals surface area contributed by atoms with E-state index in [1.165, 1.54) is 4.52 Å². The van der Waals surface area contributed by atoms with E-state index in [4.69, 9.17) is 5.73 Å². The van der Waals surface area contributed by atoms with Crippen LogP contribution in [0.1, 0.15) is 42.9 Å². The van der Waals surface area contributed by atoms with E-state index in [1.807, 2.05) is 0 Å². The molecular weight excluding hydrogens is 257 g/mol. The van der Waals surface area contributed by atoms with Crippen LogP contribution in [0.3, 0.4) is 0 Å². The SMILES string of the molecule is Nc1cc(C2CCCC2)n2ncc(C(F)(F)F)c2n1. The Hall–Kier alpha value is -1.79. The molecule has 0 unspecified atom stereocenters. The maximum absolute atomic E-state index is 12.9. The number of fused-ring (bicyclic) bond motifs is 1. The Morgan fingerprint density at radius 1 is 1.26 bits per heavy atom.